The third kappa shape index (κ3) is 4.41. The molecule has 0 saturated heterocycles. The van der Waals surface area contributed by atoms with Gasteiger partial charge >= 0.3 is 5.97 Å². The molecule has 162 valence electrons. The van der Waals surface area contributed by atoms with Crippen LogP contribution in [-0.2, 0) is 16.1 Å². The van der Waals surface area contributed by atoms with Gasteiger partial charge in [-0.25, -0.2) is 0 Å². The van der Waals surface area contributed by atoms with Gasteiger partial charge in [0.1, 0.15) is 0 Å². The smallest absolute Gasteiger partial charge is 0.308 e. The topological polar surface area (TPSA) is 123 Å². The Morgan fingerprint density at radius 1 is 1.09 bits per heavy atom. The second-order valence-electron chi connectivity index (χ2n) is 7.23. The highest BCUT2D eigenvalue weighted by Crippen LogP contribution is 2.31. The third-order valence-corrected chi connectivity index (χ3v) is 5.03. The Balaban J connectivity index is 1.33. The van der Waals surface area contributed by atoms with Gasteiger partial charge in [-0.05, 0) is 24.6 Å². The van der Waals surface area contributed by atoms with Gasteiger partial charge < -0.3 is 20.7 Å². The number of anilines is 3. The summed E-state index contributed by atoms with van der Waals surface area (Å²) < 4.78 is 5.28. The number of nitrogen functional groups attached to an aromatic ring is 1. The minimum atomic E-state index is -0.492. The van der Waals surface area contributed by atoms with Crippen LogP contribution < -0.4 is 11.1 Å². The lowest BCUT2D eigenvalue weighted by atomic mass is 10.1. The number of esters is 1. The molecule has 32 heavy (non-hydrogen) atoms. The molecule has 1 aromatic heterocycles. The van der Waals surface area contributed by atoms with Crippen LogP contribution in [0, 0.1) is 6.92 Å². The van der Waals surface area contributed by atoms with E-state index in [1.807, 2.05) is 43.3 Å². The van der Waals surface area contributed by atoms with Crippen molar-refractivity contribution in [2.24, 2.45) is 0 Å². The summed E-state index contributed by atoms with van der Waals surface area (Å²) in [6.45, 7) is 5.92. The third-order valence-electron chi connectivity index (χ3n) is 5.03. The van der Waals surface area contributed by atoms with Crippen LogP contribution in [0.25, 0.3) is 5.70 Å². The van der Waals surface area contributed by atoms with E-state index in [9.17, 15) is 9.59 Å². The van der Waals surface area contributed by atoms with Gasteiger partial charge in [0.25, 0.3) is 5.91 Å². The molecular formula is C23H22N6O3. The summed E-state index contributed by atoms with van der Waals surface area (Å²) in [7, 11) is 0. The quantitative estimate of drug-likeness (QED) is 0.548. The predicted octanol–water partition coefficient (Wildman–Crippen LogP) is 3.07. The van der Waals surface area contributed by atoms with Crippen LogP contribution in [0.15, 0.2) is 55.1 Å². The maximum absolute atomic E-state index is 12.5. The number of aryl methyl sites for hydroxylation is 1. The van der Waals surface area contributed by atoms with Gasteiger partial charge in [-0.3, -0.25) is 9.59 Å². The van der Waals surface area contributed by atoms with Crippen LogP contribution in [0.4, 0.5) is 17.6 Å². The highest BCUT2D eigenvalue weighted by Gasteiger charge is 2.30. The molecule has 2 aromatic carbocycles. The number of rotatable bonds is 7. The molecule has 9 nitrogen and oxygen atoms in total. The number of benzene rings is 2. The lowest BCUT2D eigenvalue weighted by Gasteiger charge is -2.16. The molecule has 2 heterocycles. The fourth-order valence-corrected chi connectivity index (χ4v) is 3.38. The standard InChI is InChI=1S/C23H22N6O3/c1-14-7-3-6-10-18(14)25-23-27-19(26-22(24)28-23)13-32-20(30)11-12-29-15(2)16-8-4-5-9-17(16)21(29)31/h3-10H,2,11-13H2,1H3,(H3,24,25,26,27,28). The minimum absolute atomic E-state index is 0.00757. The summed E-state index contributed by atoms with van der Waals surface area (Å²) in [5.41, 5.74) is 9.56. The molecule has 3 aromatic rings. The van der Waals surface area contributed by atoms with Crippen molar-refractivity contribution in [3.63, 3.8) is 0 Å². The maximum atomic E-state index is 12.5. The molecule has 1 aliphatic rings. The molecular weight excluding hydrogens is 408 g/mol. The number of aromatic nitrogens is 3. The normalized spacial score (nSPS) is 12.6. The Kier molecular flexibility index (Phi) is 5.80. The number of hydrogen-bond acceptors (Lipinski definition) is 8. The van der Waals surface area contributed by atoms with Crippen LogP contribution in [0.3, 0.4) is 0 Å². The van der Waals surface area contributed by atoms with Crippen LogP contribution in [0.1, 0.15) is 33.7 Å². The van der Waals surface area contributed by atoms with Crippen molar-refractivity contribution in [1.29, 1.82) is 0 Å². The molecule has 0 radical (unpaired) electrons. The summed E-state index contributed by atoms with van der Waals surface area (Å²) in [4.78, 5) is 38.6. The number of hydrogen-bond donors (Lipinski definition) is 2. The number of carbonyl (C=O) groups excluding carboxylic acids is 2. The Bertz CT molecular complexity index is 1170. The molecule has 0 bridgehead atoms. The largest absolute Gasteiger partial charge is 0.457 e. The Morgan fingerprint density at radius 3 is 2.56 bits per heavy atom. The molecule has 0 unspecified atom stereocenters. The van der Waals surface area contributed by atoms with Gasteiger partial charge in [-0.15, -0.1) is 0 Å². The first-order valence-corrected chi connectivity index (χ1v) is 10.0. The summed E-state index contributed by atoms with van der Waals surface area (Å²) in [6.07, 6.45) is 0.00757. The number of nitrogens with zero attached hydrogens (tertiary/aromatic N) is 4. The average Bonchev–Trinajstić information content (AvgIpc) is 3.02. The summed E-state index contributed by atoms with van der Waals surface area (Å²) in [6, 6.07) is 14.9. The van der Waals surface area contributed by atoms with Crippen molar-refractivity contribution >= 4 is 35.2 Å². The van der Waals surface area contributed by atoms with Gasteiger partial charge in [0.05, 0.1) is 6.42 Å². The maximum Gasteiger partial charge on any atom is 0.308 e. The van der Waals surface area contributed by atoms with Gasteiger partial charge in [0.15, 0.2) is 12.4 Å². The van der Waals surface area contributed by atoms with Gasteiger partial charge in [-0.2, -0.15) is 15.0 Å². The minimum Gasteiger partial charge on any atom is -0.457 e. The van der Waals surface area contributed by atoms with Gasteiger partial charge in [0.2, 0.25) is 11.9 Å². The second kappa shape index (κ2) is 8.84. The number of fused-ring (bicyclic) bond motifs is 1. The van der Waals surface area contributed by atoms with E-state index < -0.39 is 5.97 Å². The van der Waals surface area contributed by atoms with Crippen molar-refractivity contribution in [2.75, 3.05) is 17.6 Å². The summed E-state index contributed by atoms with van der Waals surface area (Å²) >= 11 is 0. The highest BCUT2D eigenvalue weighted by atomic mass is 16.5. The fourth-order valence-electron chi connectivity index (χ4n) is 3.38. The Morgan fingerprint density at radius 2 is 1.81 bits per heavy atom. The fraction of sp³-hybridized carbons (Fsp3) is 0.174. The van der Waals surface area contributed by atoms with Crippen molar-refractivity contribution in [3.8, 4) is 0 Å². The first kappa shape index (κ1) is 21.0. The zero-order chi connectivity index (χ0) is 22.7. The second-order valence-corrected chi connectivity index (χ2v) is 7.23. The molecule has 1 amide bonds. The number of carbonyl (C=O) groups is 2. The van der Waals surface area contributed by atoms with E-state index in [0.717, 1.165) is 16.8 Å². The van der Waals surface area contributed by atoms with Crippen LogP contribution in [-0.4, -0.2) is 38.3 Å². The first-order valence-electron chi connectivity index (χ1n) is 10.0. The van der Waals surface area contributed by atoms with Crippen molar-refractivity contribution in [3.05, 3.63) is 77.6 Å². The van der Waals surface area contributed by atoms with E-state index in [-0.39, 0.29) is 43.2 Å². The van der Waals surface area contributed by atoms with E-state index in [0.29, 0.717) is 11.3 Å². The van der Waals surface area contributed by atoms with Gasteiger partial charge in [-0.1, -0.05) is 43.0 Å². The zero-order valence-electron chi connectivity index (χ0n) is 17.5. The Hall–Kier alpha value is -4.27. The molecule has 0 atom stereocenters. The first-order chi connectivity index (χ1) is 15.4. The van der Waals surface area contributed by atoms with E-state index in [1.54, 1.807) is 12.1 Å². The average molecular weight is 430 g/mol. The molecule has 1 aliphatic heterocycles. The number of amides is 1. The summed E-state index contributed by atoms with van der Waals surface area (Å²) in [5, 5.41) is 3.09. The van der Waals surface area contributed by atoms with Crippen LogP contribution >= 0.6 is 0 Å². The molecule has 9 heteroatoms. The van der Waals surface area contributed by atoms with Crippen molar-refractivity contribution in [2.45, 2.75) is 20.0 Å². The predicted molar refractivity (Wildman–Crippen MR) is 120 cm³/mol. The van der Waals surface area contributed by atoms with E-state index in [2.05, 4.69) is 26.8 Å². The zero-order valence-corrected chi connectivity index (χ0v) is 17.5. The number of ether oxygens (including phenoxy) is 1. The molecule has 0 spiro atoms. The highest BCUT2D eigenvalue weighted by molar-refractivity contribution is 6.08. The van der Waals surface area contributed by atoms with Crippen molar-refractivity contribution < 1.29 is 14.3 Å². The lowest BCUT2D eigenvalue weighted by molar-refractivity contribution is -0.145. The SMILES string of the molecule is C=C1c2ccccc2C(=O)N1CCC(=O)OCc1nc(N)nc(Nc2ccccc2C)n1. The molecule has 3 N–H and O–H groups in total. The van der Waals surface area contributed by atoms with Gasteiger partial charge in [0, 0.05) is 29.1 Å². The van der Waals surface area contributed by atoms with E-state index >= 15 is 0 Å². The monoisotopic (exact) mass is 430 g/mol. The number of para-hydroxylation sites is 1. The summed E-state index contributed by atoms with van der Waals surface area (Å²) in [5.74, 6) is -0.172. The van der Waals surface area contributed by atoms with E-state index in [1.165, 1.54) is 4.90 Å². The van der Waals surface area contributed by atoms with E-state index in [4.69, 9.17) is 10.5 Å². The van der Waals surface area contributed by atoms with Crippen LogP contribution in [0.5, 0.6) is 0 Å². The Labute approximate surface area is 185 Å². The molecule has 4 rings (SSSR count). The molecule has 0 fully saturated rings. The van der Waals surface area contributed by atoms with Crippen molar-refractivity contribution in [1.82, 2.24) is 19.9 Å². The van der Waals surface area contributed by atoms with Crippen LogP contribution in [0.2, 0.25) is 0 Å². The lowest BCUT2D eigenvalue weighted by Crippen LogP contribution is -2.26. The molecule has 0 aliphatic carbocycles. The number of nitrogens with two attached hydrogens (primary N) is 1. The molecule has 0 saturated carbocycles. The number of nitrogens with one attached hydrogen (secondary N) is 1.